The van der Waals surface area contributed by atoms with Gasteiger partial charge < -0.3 is 15.6 Å². The second-order valence-corrected chi connectivity index (χ2v) is 4.27. The molecule has 0 saturated carbocycles. The van der Waals surface area contributed by atoms with Crippen LogP contribution in [0.25, 0.3) is 0 Å². The van der Waals surface area contributed by atoms with Gasteiger partial charge in [0.25, 0.3) is 0 Å². The van der Waals surface area contributed by atoms with Gasteiger partial charge in [0.05, 0.1) is 11.9 Å². The quantitative estimate of drug-likeness (QED) is 0.844. The first-order valence-electron chi connectivity index (χ1n) is 5.72. The summed E-state index contributed by atoms with van der Waals surface area (Å²) in [5.74, 6) is 0.961. The van der Waals surface area contributed by atoms with Crippen LogP contribution in [-0.4, -0.2) is 23.6 Å². The van der Waals surface area contributed by atoms with Crippen LogP contribution in [0.3, 0.4) is 0 Å². The number of hydrogen-bond acceptors (Lipinski definition) is 3. The molecule has 2 rings (SSSR count). The summed E-state index contributed by atoms with van der Waals surface area (Å²) in [6, 6.07) is 6.13. The van der Waals surface area contributed by atoms with E-state index in [0.717, 1.165) is 30.0 Å². The molecule has 0 aliphatic carbocycles. The highest BCUT2D eigenvalue weighted by molar-refractivity contribution is 5.51. The largest absolute Gasteiger partial charge is 0.397 e. The standard InChI is InChI=1S/C13H18N4/c1-10-8-13(16-9-12(10)14)17(2)7-5-11-4-3-6-15-11/h3-4,6,8-9,15H,5,7,14H2,1-2H3. The van der Waals surface area contributed by atoms with Crippen molar-refractivity contribution in [2.75, 3.05) is 24.2 Å². The number of hydrogen-bond donors (Lipinski definition) is 2. The Balaban J connectivity index is 1.99. The van der Waals surface area contributed by atoms with Gasteiger partial charge in [0.2, 0.25) is 0 Å². The van der Waals surface area contributed by atoms with E-state index in [0.29, 0.717) is 0 Å². The third-order valence-corrected chi connectivity index (χ3v) is 2.91. The molecule has 0 spiro atoms. The highest BCUT2D eigenvalue weighted by Gasteiger charge is 2.04. The molecular formula is C13H18N4. The zero-order valence-corrected chi connectivity index (χ0v) is 10.3. The zero-order valence-electron chi connectivity index (χ0n) is 10.3. The molecule has 2 aromatic heterocycles. The Bertz CT molecular complexity index is 476. The number of nitrogens with zero attached hydrogens (tertiary/aromatic N) is 2. The summed E-state index contributed by atoms with van der Waals surface area (Å²) in [4.78, 5) is 9.66. The lowest BCUT2D eigenvalue weighted by Gasteiger charge is -2.18. The minimum Gasteiger partial charge on any atom is -0.397 e. The summed E-state index contributed by atoms with van der Waals surface area (Å²) in [7, 11) is 2.04. The number of nitrogens with one attached hydrogen (secondary N) is 1. The molecule has 0 aliphatic heterocycles. The first-order chi connectivity index (χ1) is 8.16. The predicted octanol–water partition coefficient (Wildman–Crippen LogP) is 1.98. The van der Waals surface area contributed by atoms with Gasteiger partial charge in [0, 0.05) is 31.9 Å². The molecule has 0 aromatic carbocycles. The van der Waals surface area contributed by atoms with E-state index in [9.17, 15) is 0 Å². The Morgan fingerprint density at radius 1 is 1.47 bits per heavy atom. The summed E-state index contributed by atoms with van der Waals surface area (Å²) >= 11 is 0. The second-order valence-electron chi connectivity index (χ2n) is 4.27. The first kappa shape index (κ1) is 11.5. The van der Waals surface area contributed by atoms with E-state index >= 15 is 0 Å². The molecule has 2 aromatic rings. The van der Waals surface area contributed by atoms with Crippen LogP contribution in [0.2, 0.25) is 0 Å². The minimum atomic E-state index is 0.742. The highest BCUT2D eigenvalue weighted by atomic mass is 15.2. The summed E-state index contributed by atoms with van der Waals surface area (Å²) in [6.07, 6.45) is 4.64. The number of aromatic nitrogens is 2. The molecule has 0 fully saturated rings. The van der Waals surface area contributed by atoms with Gasteiger partial charge in [-0.1, -0.05) is 0 Å². The zero-order chi connectivity index (χ0) is 12.3. The van der Waals surface area contributed by atoms with Crippen molar-refractivity contribution in [2.24, 2.45) is 0 Å². The van der Waals surface area contributed by atoms with Gasteiger partial charge in [0.1, 0.15) is 5.82 Å². The average Bonchev–Trinajstić information content (AvgIpc) is 2.82. The Hall–Kier alpha value is -1.97. The fourth-order valence-corrected chi connectivity index (χ4v) is 1.69. The van der Waals surface area contributed by atoms with Gasteiger partial charge in [-0.2, -0.15) is 0 Å². The number of anilines is 2. The number of nitrogens with two attached hydrogens (primary N) is 1. The van der Waals surface area contributed by atoms with E-state index < -0.39 is 0 Å². The summed E-state index contributed by atoms with van der Waals surface area (Å²) in [5.41, 5.74) is 8.81. The Morgan fingerprint density at radius 3 is 2.94 bits per heavy atom. The highest BCUT2D eigenvalue weighted by Crippen LogP contribution is 2.16. The number of pyridine rings is 1. The van der Waals surface area contributed by atoms with Gasteiger partial charge >= 0.3 is 0 Å². The predicted molar refractivity (Wildman–Crippen MR) is 71.2 cm³/mol. The molecular weight excluding hydrogens is 212 g/mol. The Labute approximate surface area is 101 Å². The third kappa shape index (κ3) is 2.78. The van der Waals surface area contributed by atoms with Gasteiger partial charge in [-0.3, -0.25) is 0 Å². The van der Waals surface area contributed by atoms with Crippen LogP contribution in [0, 0.1) is 6.92 Å². The van der Waals surface area contributed by atoms with Gasteiger partial charge in [0.15, 0.2) is 0 Å². The molecule has 4 nitrogen and oxygen atoms in total. The van der Waals surface area contributed by atoms with Crippen molar-refractivity contribution in [3.8, 4) is 0 Å². The lowest BCUT2D eigenvalue weighted by molar-refractivity contribution is 0.844. The summed E-state index contributed by atoms with van der Waals surface area (Å²) in [6.45, 7) is 2.93. The lowest BCUT2D eigenvalue weighted by Crippen LogP contribution is -2.21. The fourth-order valence-electron chi connectivity index (χ4n) is 1.69. The topological polar surface area (TPSA) is 57.9 Å². The third-order valence-electron chi connectivity index (χ3n) is 2.91. The molecule has 0 unspecified atom stereocenters. The number of aryl methyl sites for hydroxylation is 1. The smallest absolute Gasteiger partial charge is 0.128 e. The monoisotopic (exact) mass is 230 g/mol. The number of H-pyrrole nitrogens is 1. The molecule has 17 heavy (non-hydrogen) atoms. The Kier molecular flexibility index (Phi) is 3.32. The van der Waals surface area contributed by atoms with Crippen LogP contribution in [0.5, 0.6) is 0 Å². The van der Waals surface area contributed by atoms with Gasteiger partial charge in [-0.05, 0) is 30.7 Å². The lowest BCUT2D eigenvalue weighted by atomic mass is 10.2. The second kappa shape index (κ2) is 4.91. The molecule has 0 radical (unpaired) electrons. The van der Waals surface area contributed by atoms with Crippen molar-refractivity contribution in [3.63, 3.8) is 0 Å². The van der Waals surface area contributed by atoms with Crippen LogP contribution < -0.4 is 10.6 Å². The normalized spacial score (nSPS) is 10.5. The molecule has 0 aliphatic rings. The summed E-state index contributed by atoms with van der Waals surface area (Å²) in [5, 5.41) is 0. The van der Waals surface area contributed by atoms with Crippen LogP contribution >= 0.6 is 0 Å². The number of nitrogen functional groups attached to an aromatic ring is 1. The number of likely N-dealkylation sites (N-methyl/N-ethyl adjacent to an activating group) is 1. The van der Waals surface area contributed by atoms with E-state index in [-0.39, 0.29) is 0 Å². The maximum Gasteiger partial charge on any atom is 0.128 e. The fraction of sp³-hybridized carbons (Fsp3) is 0.308. The minimum absolute atomic E-state index is 0.742. The van der Waals surface area contributed by atoms with Crippen LogP contribution in [0.1, 0.15) is 11.3 Å². The van der Waals surface area contributed by atoms with E-state index in [1.54, 1.807) is 6.20 Å². The van der Waals surface area contributed by atoms with Crippen molar-refractivity contribution >= 4 is 11.5 Å². The number of rotatable bonds is 4. The Morgan fingerprint density at radius 2 is 2.29 bits per heavy atom. The molecule has 0 bridgehead atoms. The van der Waals surface area contributed by atoms with Gasteiger partial charge in [-0.25, -0.2) is 4.98 Å². The van der Waals surface area contributed by atoms with E-state index in [1.165, 1.54) is 5.69 Å². The van der Waals surface area contributed by atoms with E-state index in [4.69, 9.17) is 5.73 Å². The molecule has 0 saturated heterocycles. The molecule has 0 atom stereocenters. The SMILES string of the molecule is Cc1cc(N(C)CCc2ccc[nH]2)ncc1N. The molecule has 2 heterocycles. The molecule has 90 valence electrons. The number of aromatic amines is 1. The maximum atomic E-state index is 5.75. The first-order valence-corrected chi connectivity index (χ1v) is 5.72. The van der Waals surface area contributed by atoms with Crippen LogP contribution in [0.4, 0.5) is 11.5 Å². The molecule has 4 heteroatoms. The molecule has 0 amide bonds. The van der Waals surface area contributed by atoms with Crippen molar-refractivity contribution < 1.29 is 0 Å². The summed E-state index contributed by atoms with van der Waals surface area (Å²) < 4.78 is 0. The molecule has 3 N–H and O–H groups in total. The van der Waals surface area contributed by atoms with Gasteiger partial charge in [-0.15, -0.1) is 0 Å². The van der Waals surface area contributed by atoms with E-state index in [1.807, 2.05) is 32.3 Å². The van der Waals surface area contributed by atoms with Crippen LogP contribution in [0.15, 0.2) is 30.6 Å². The van der Waals surface area contributed by atoms with Crippen LogP contribution in [-0.2, 0) is 6.42 Å². The van der Waals surface area contributed by atoms with Crippen molar-refractivity contribution in [3.05, 3.63) is 41.9 Å². The van der Waals surface area contributed by atoms with E-state index in [2.05, 4.69) is 20.9 Å². The van der Waals surface area contributed by atoms with Crippen molar-refractivity contribution in [1.82, 2.24) is 9.97 Å². The van der Waals surface area contributed by atoms with Crippen molar-refractivity contribution in [2.45, 2.75) is 13.3 Å². The average molecular weight is 230 g/mol. The maximum absolute atomic E-state index is 5.75. The van der Waals surface area contributed by atoms with Crippen molar-refractivity contribution in [1.29, 1.82) is 0 Å².